The van der Waals surface area contributed by atoms with Gasteiger partial charge in [0.15, 0.2) is 0 Å². The van der Waals surface area contributed by atoms with E-state index in [1.54, 1.807) is 14.2 Å². The Morgan fingerprint density at radius 1 is 0.553 bits per heavy atom. The van der Waals surface area contributed by atoms with E-state index in [-0.39, 0.29) is 0 Å². The lowest BCUT2D eigenvalue weighted by Gasteiger charge is -2.12. The summed E-state index contributed by atoms with van der Waals surface area (Å²) < 4.78 is 11.3. The van der Waals surface area contributed by atoms with Gasteiger partial charge in [0.1, 0.15) is 22.9 Å². The summed E-state index contributed by atoms with van der Waals surface area (Å²) >= 11 is 0. The fraction of sp³-hybridized carbons (Fsp3) is 0.188. The molecule has 0 N–H and O–H groups in total. The van der Waals surface area contributed by atoms with Crippen LogP contribution in [-0.4, -0.2) is 54.8 Å². The first-order valence-electron chi connectivity index (χ1n) is 12.4. The summed E-state index contributed by atoms with van der Waals surface area (Å²) in [4.78, 5) is 13.5. The Balaban J connectivity index is 1.56. The molecule has 4 rings (SSSR count). The van der Waals surface area contributed by atoms with Crippen LogP contribution in [0.5, 0.6) is 11.5 Å². The third-order valence-electron chi connectivity index (χ3n) is 6.19. The molecule has 6 nitrogen and oxygen atoms in total. The van der Waals surface area contributed by atoms with E-state index in [2.05, 4.69) is 56.2 Å². The van der Waals surface area contributed by atoms with Crippen LogP contribution in [0, 0.1) is 0 Å². The zero-order chi connectivity index (χ0) is 27.1. The SMILES string of the molecule is COc1cc(-c2ccc(N=Cc3cccc(N(C)C)c3)c(OC)c2)ccc1N=Cc1ccc(N(C)C)cc1. The molecular weight excluding hydrogens is 472 g/mol. The van der Waals surface area contributed by atoms with Gasteiger partial charge in [0.2, 0.25) is 0 Å². The third-order valence-corrected chi connectivity index (χ3v) is 6.19. The highest BCUT2D eigenvalue weighted by Crippen LogP contribution is 2.37. The van der Waals surface area contributed by atoms with Crippen molar-refractivity contribution in [1.82, 2.24) is 0 Å². The van der Waals surface area contributed by atoms with Crippen LogP contribution < -0.4 is 19.3 Å². The lowest BCUT2D eigenvalue weighted by Crippen LogP contribution is -2.08. The Morgan fingerprint density at radius 3 is 1.58 bits per heavy atom. The van der Waals surface area contributed by atoms with Crippen LogP contribution in [0.3, 0.4) is 0 Å². The van der Waals surface area contributed by atoms with Gasteiger partial charge in [0.05, 0.1) is 14.2 Å². The minimum Gasteiger partial charge on any atom is -0.494 e. The number of nitrogens with zero attached hydrogens (tertiary/aromatic N) is 4. The van der Waals surface area contributed by atoms with Crippen LogP contribution in [-0.2, 0) is 0 Å². The highest BCUT2D eigenvalue weighted by atomic mass is 16.5. The molecule has 0 aromatic heterocycles. The molecule has 0 spiro atoms. The number of benzene rings is 4. The van der Waals surface area contributed by atoms with Crippen molar-refractivity contribution in [3.63, 3.8) is 0 Å². The Bertz CT molecular complexity index is 1440. The number of hydrogen-bond donors (Lipinski definition) is 0. The molecule has 0 fully saturated rings. The maximum Gasteiger partial charge on any atom is 0.145 e. The first-order chi connectivity index (χ1) is 18.4. The largest absolute Gasteiger partial charge is 0.494 e. The molecule has 0 radical (unpaired) electrons. The Labute approximate surface area is 225 Å². The highest BCUT2D eigenvalue weighted by molar-refractivity contribution is 5.86. The number of hydrogen-bond acceptors (Lipinski definition) is 6. The second-order valence-electron chi connectivity index (χ2n) is 9.27. The van der Waals surface area contributed by atoms with Crippen molar-refractivity contribution in [1.29, 1.82) is 0 Å². The predicted octanol–water partition coefficient (Wildman–Crippen LogP) is 7.00. The molecule has 0 bridgehead atoms. The molecule has 0 unspecified atom stereocenters. The summed E-state index contributed by atoms with van der Waals surface area (Å²) in [6.07, 6.45) is 3.70. The maximum absolute atomic E-state index is 5.67. The monoisotopic (exact) mass is 506 g/mol. The van der Waals surface area contributed by atoms with Gasteiger partial charge in [-0.2, -0.15) is 0 Å². The Hall–Kier alpha value is -4.58. The van der Waals surface area contributed by atoms with E-state index in [0.717, 1.165) is 45.0 Å². The fourth-order valence-corrected chi connectivity index (χ4v) is 3.96. The van der Waals surface area contributed by atoms with Crippen LogP contribution in [0.2, 0.25) is 0 Å². The molecule has 194 valence electrons. The van der Waals surface area contributed by atoms with Crippen molar-refractivity contribution in [2.24, 2.45) is 9.98 Å². The van der Waals surface area contributed by atoms with Crippen molar-refractivity contribution in [2.75, 3.05) is 52.2 Å². The summed E-state index contributed by atoms with van der Waals surface area (Å²) in [5.74, 6) is 1.40. The number of ether oxygens (including phenoxy) is 2. The highest BCUT2D eigenvalue weighted by Gasteiger charge is 2.09. The Kier molecular flexibility index (Phi) is 8.44. The summed E-state index contributed by atoms with van der Waals surface area (Å²) in [7, 11) is 11.4. The van der Waals surface area contributed by atoms with E-state index in [1.807, 2.05) is 89.2 Å². The average Bonchev–Trinajstić information content (AvgIpc) is 2.95. The molecule has 4 aromatic rings. The summed E-state index contributed by atoms with van der Waals surface area (Å²) in [6, 6.07) is 28.5. The first-order valence-corrected chi connectivity index (χ1v) is 12.4. The molecule has 0 saturated carbocycles. The van der Waals surface area contributed by atoms with Gasteiger partial charge in [-0.1, -0.05) is 36.4 Å². The molecule has 4 aromatic carbocycles. The number of anilines is 2. The van der Waals surface area contributed by atoms with Crippen LogP contribution in [0.1, 0.15) is 11.1 Å². The minimum atomic E-state index is 0.699. The van der Waals surface area contributed by atoms with Gasteiger partial charge < -0.3 is 19.3 Å². The lowest BCUT2D eigenvalue weighted by molar-refractivity contribution is 0.415. The van der Waals surface area contributed by atoms with Crippen molar-refractivity contribution < 1.29 is 9.47 Å². The van der Waals surface area contributed by atoms with Gasteiger partial charge in [-0.3, -0.25) is 9.98 Å². The smallest absolute Gasteiger partial charge is 0.145 e. The van der Waals surface area contributed by atoms with Gasteiger partial charge >= 0.3 is 0 Å². The van der Waals surface area contributed by atoms with Gasteiger partial charge in [0, 0.05) is 52.0 Å². The van der Waals surface area contributed by atoms with E-state index >= 15 is 0 Å². The number of methoxy groups -OCH3 is 2. The van der Waals surface area contributed by atoms with Gasteiger partial charge in [-0.05, 0) is 70.8 Å². The topological polar surface area (TPSA) is 49.7 Å². The molecule has 0 amide bonds. The summed E-state index contributed by atoms with van der Waals surface area (Å²) in [5.41, 5.74) is 7.86. The molecular formula is C32H34N4O2. The zero-order valence-electron chi connectivity index (χ0n) is 22.8. The van der Waals surface area contributed by atoms with Crippen molar-refractivity contribution in [2.45, 2.75) is 0 Å². The van der Waals surface area contributed by atoms with Crippen LogP contribution in [0.25, 0.3) is 11.1 Å². The third kappa shape index (κ3) is 6.40. The average molecular weight is 507 g/mol. The molecule has 0 aliphatic carbocycles. The summed E-state index contributed by atoms with van der Waals surface area (Å²) in [6.45, 7) is 0. The summed E-state index contributed by atoms with van der Waals surface area (Å²) in [5, 5.41) is 0. The van der Waals surface area contributed by atoms with Gasteiger partial charge in [0.25, 0.3) is 0 Å². The minimum absolute atomic E-state index is 0.699. The number of aliphatic imine (C=N–C) groups is 2. The number of rotatable bonds is 9. The molecule has 0 atom stereocenters. The van der Waals surface area contributed by atoms with Crippen molar-refractivity contribution >= 4 is 35.2 Å². The predicted molar refractivity (Wildman–Crippen MR) is 161 cm³/mol. The van der Waals surface area contributed by atoms with Crippen LogP contribution >= 0.6 is 0 Å². The maximum atomic E-state index is 5.67. The molecule has 0 aliphatic rings. The van der Waals surface area contributed by atoms with E-state index in [0.29, 0.717) is 11.5 Å². The quantitative estimate of drug-likeness (QED) is 0.229. The molecule has 0 aliphatic heterocycles. The zero-order valence-corrected chi connectivity index (χ0v) is 22.8. The lowest BCUT2D eigenvalue weighted by atomic mass is 10.0. The normalized spacial score (nSPS) is 11.2. The van der Waals surface area contributed by atoms with E-state index in [1.165, 1.54) is 0 Å². The van der Waals surface area contributed by atoms with E-state index in [4.69, 9.17) is 9.47 Å². The first kappa shape index (κ1) is 26.5. The van der Waals surface area contributed by atoms with E-state index in [9.17, 15) is 0 Å². The Morgan fingerprint density at radius 2 is 1.08 bits per heavy atom. The van der Waals surface area contributed by atoms with Crippen molar-refractivity contribution in [3.05, 3.63) is 96.1 Å². The molecule has 38 heavy (non-hydrogen) atoms. The van der Waals surface area contributed by atoms with Crippen LogP contribution in [0.15, 0.2) is 94.9 Å². The second-order valence-corrected chi connectivity index (χ2v) is 9.27. The molecule has 0 heterocycles. The van der Waals surface area contributed by atoms with Crippen molar-refractivity contribution in [3.8, 4) is 22.6 Å². The van der Waals surface area contributed by atoms with Crippen LogP contribution in [0.4, 0.5) is 22.7 Å². The van der Waals surface area contributed by atoms with Gasteiger partial charge in [-0.25, -0.2) is 0 Å². The fourth-order valence-electron chi connectivity index (χ4n) is 3.96. The van der Waals surface area contributed by atoms with Gasteiger partial charge in [-0.15, -0.1) is 0 Å². The standard InChI is InChI=1S/C32H34N4O2/c1-35(2)27-14-10-23(11-15-27)21-33-29-16-12-25(19-31(29)37-5)26-13-17-30(32(20-26)38-6)34-22-24-8-7-9-28(18-24)36(3)4/h7-22H,1-6H3. The molecule has 0 saturated heterocycles. The second kappa shape index (κ2) is 12.1. The molecule has 6 heteroatoms. The van der Waals surface area contributed by atoms with E-state index < -0.39 is 0 Å².